The molecule has 4 heteroatoms. The number of aromatic nitrogens is 1. The summed E-state index contributed by atoms with van der Waals surface area (Å²) < 4.78 is 0. The van der Waals surface area contributed by atoms with Crippen molar-refractivity contribution in [1.29, 1.82) is 0 Å². The molecule has 1 amide bonds. The highest BCUT2D eigenvalue weighted by molar-refractivity contribution is 5.78. The van der Waals surface area contributed by atoms with Crippen LogP contribution in [0.4, 0.5) is 0 Å². The third-order valence-corrected chi connectivity index (χ3v) is 3.13. The average Bonchev–Trinajstić information content (AvgIpc) is 3.13. The summed E-state index contributed by atoms with van der Waals surface area (Å²) in [5.41, 5.74) is 7.56. The van der Waals surface area contributed by atoms with E-state index in [1.165, 1.54) is 12.8 Å². The Morgan fingerprint density at radius 3 is 2.88 bits per heavy atom. The summed E-state index contributed by atoms with van der Waals surface area (Å²) in [7, 11) is 0. The molecule has 1 unspecified atom stereocenters. The van der Waals surface area contributed by atoms with Crippen molar-refractivity contribution in [3.63, 3.8) is 0 Å². The first-order chi connectivity index (χ1) is 8.19. The number of carbonyl (C=O) groups is 1. The first kappa shape index (κ1) is 12.0. The molecule has 0 bridgehead atoms. The number of rotatable bonds is 5. The van der Waals surface area contributed by atoms with E-state index in [9.17, 15) is 4.79 Å². The van der Waals surface area contributed by atoms with Gasteiger partial charge in [0.2, 0.25) is 5.91 Å². The molecule has 0 saturated heterocycles. The number of aryl methyl sites for hydroxylation is 1. The lowest BCUT2D eigenvalue weighted by Crippen LogP contribution is -2.42. The molecule has 0 radical (unpaired) electrons. The normalized spacial score (nSPS) is 16.6. The fraction of sp³-hybridized carbons (Fsp3) is 0.538. The van der Waals surface area contributed by atoms with Crippen LogP contribution in [0.25, 0.3) is 0 Å². The molecule has 0 aliphatic heterocycles. The van der Waals surface area contributed by atoms with Crippen molar-refractivity contribution in [2.24, 2.45) is 11.7 Å². The Kier molecular flexibility index (Phi) is 3.74. The van der Waals surface area contributed by atoms with E-state index in [0.717, 1.165) is 11.3 Å². The van der Waals surface area contributed by atoms with Gasteiger partial charge in [-0.1, -0.05) is 6.07 Å². The van der Waals surface area contributed by atoms with Crippen molar-refractivity contribution in [3.8, 4) is 0 Å². The monoisotopic (exact) mass is 233 g/mol. The molecular weight excluding hydrogens is 214 g/mol. The maximum absolute atomic E-state index is 11.8. The summed E-state index contributed by atoms with van der Waals surface area (Å²) in [4.78, 5) is 16.0. The molecule has 3 N–H and O–H groups in total. The van der Waals surface area contributed by atoms with E-state index in [4.69, 9.17) is 5.73 Å². The van der Waals surface area contributed by atoms with Crippen LogP contribution in [0.3, 0.4) is 0 Å². The molecule has 1 aliphatic rings. The fourth-order valence-electron chi connectivity index (χ4n) is 1.91. The maximum atomic E-state index is 11.8. The third kappa shape index (κ3) is 3.53. The van der Waals surface area contributed by atoms with Gasteiger partial charge >= 0.3 is 0 Å². The van der Waals surface area contributed by atoms with E-state index < -0.39 is 0 Å². The van der Waals surface area contributed by atoms with Gasteiger partial charge in [0.05, 0.1) is 6.42 Å². The van der Waals surface area contributed by atoms with Gasteiger partial charge in [0, 0.05) is 24.5 Å². The number of nitrogens with two attached hydrogens (primary N) is 1. The molecule has 0 aromatic carbocycles. The van der Waals surface area contributed by atoms with Crippen LogP contribution in [0.5, 0.6) is 0 Å². The maximum Gasteiger partial charge on any atom is 0.224 e. The Morgan fingerprint density at radius 1 is 1.59 bits per heavy atom. The Hall–Kier alpha value is -1.42. The van der Waals surface area contributed by atoms with Crippen LogP contribution < -0.4 is 11.1 Å². The summed E-state index contributed by atoms with van der Waals surface area (Å²) in [5, 5.41) is 3.00. The van der Waals surface area contributed by atoms with Gasteiger partial charge in [-0.3, -0.25) is 9.78 Å². The summed E-state index contributed by atoms with van der Waals surface area (Å²) in [5.74, 6) is 0.637. The predicted molar refractivity (Wildman–Crippen MR) is 66.4 cm³/mol. The molecule has 4 nitrogen and oxygen atoms in total. The van der Waals surface area contributed by atoms with Crippen LogP contribution in [0.2, 0.25) is 0 Å². The first-order valence-electron chi connectivity index (χ1n) is 6.10. The quantitative estimate of drug-likeness (QED) is 0.790. The zero-order valence-corrected chi connectivity index (χ0v) is 10.1. The number of carbonyl (C=O) groups excluding carboxylic acids is 1. The lowest BCUT2D eigenvalue weighted by atomic mass is 10.1. The highest BCUT2D eigenvalue weighted by Gasteiger charge is 2.31. The van der Waals surface area contributed by atoms with Crippen LogP contribution in [0.15, 0.2) is 18.3 Å². The van der Waals surface area contributed by atoms with Gasteiger partial charge in [0.25, 0.3) is 0 Å². The minimum atomic E-state index is 0.0398. The summed E-state index contributed by atoms with van der Waals surface area (Å²) in [6.07, 6.45) is 4.52. The van der Waals surface area contributed by atoms with Crippen molar-refractivity contribution in [2.45, 2.75) is 32.2 Å². The second-order valence-electron chi connectivity index (χ2n) is 4.73. The van der Waals surface area contributed by atoms with Crippen molar-refractivity contribution in [2.75, 3.05) is 6.54 Å². The highest BCUT2D eigenvalue weighted by Crippen LogP contribution is 2.32. The SMILES string of the molecule is Cc1ccc(CC(=O)NC(CN)C2CC2)cn1. The number of hydrogen-bond acceptors (Lipinski definition) is 3. The number of hydrogen-bond donors (Lipinski definition) is 2. The molecule has 1 aromatic rings. The summed E-state index contributed by atoms with van der Waals surface area (Å²) in [6.45, 7) is 2.46. The first-order valence-corrected chi connectivity index (χ1v) is 6.10. The number of amides is 1. The molecule has 1 fully saturated rings. The Morgan fingerprint density at radius 2 is 2.35 bits per heavy atom. The Balaban J connectivity index is 1.85. The van der Waals surface area contributed by atoms with Crippen molar-refractivity contribution >= 4 is 5.91 Å². The molecule has 2 rings (SSSR count). The molecule has 1 aliphatic carbocycles. The smallest absolute Gasteiger partial charge is 0.224 e. The van der Waals surface area contributed by atoms with Gasteiger partial charge in [0.1, 0.15) is 0 Å². The van der Waals surface area contributed by atoms with Gasteiger partial charge in [0.15, 0.2) is 0 Å². The van der Waals surface area contributed by atoms with Gasteiger partial charge in [-0.05, 0) is 37.3 Å². The molecule has 1 atom stereocenters. The van der Waals surface area contributed by atoms with E-state index in [0.29, 0.717) is 18.9 Å². The van der Waals surface area contributed by atoms with E-state index >= 15 is 0 Å². The largest absolute Gasteiger partial charge is 0.352 e. The molecular formula is C13H19N3O. The third-order valence-electron chi connectivity index (χ3n) is 3.13. The fourth-order valence-corrected chi connectivity index (χ4v) is 1.91. The van der Waals surface area contributed by atoms with E-state index in [2.05, 4.69) is 10.3 Å². The van der Waals surface area contributed by atoms with Crippen LogP contribution in [-0.2, 0) is 11.2 Å². The van der Waals surface area contributed by atoms with Gasteiger partial charge in [-0.15, -0.1) is 0 Å². The van der Waals surface area contributed by atoms with E-state index in [-0.39, 0.29) is 11.9 Å². The second kappa shape index (κ2) is 5.27. The zero-order chi connectivity index (χ0) is 12.3. The summed E-state index contributed by atoms with van der Waals surface area (Å²) in [6, 6.07) is 4.02. The molecule has 17 heavy (non-hydrogen) atoms. The highest BCUT2D eigenvalue weighted by atomic mass is 16.1. The van der Waals surface area contributed by atoms with Crippen LogP contribution in [0, 0.1) is 12.8 Å². The standard InChI is InChI=1S/C13H19N3O/c1-9-2-3-10(8-15-9)6-13(17)16-12(7-14)11-4-5-11/h2-3,8,11-12H,4-7,14H2,1H3,(H,16,17). The minimum absolute atomic E-state index is 0.0398. The van der Waals surface area contributed by atoms with Crippen LogP contribution in [0.1, 0.15) is 24.1 Å². The lowest BCUT2D eigenvalue weighted by Gasteiger charge is -2.15. The topological polar surface area (TPSA) is 68.0 Å². The van der Waals surface area contributed by atoms with Crippen molar-refractivity contribution in [3.05, 3.63) is 29.6 Å². The van der Waals surface area contributed by atoms with E-state index in [1.54, 1.807) is 6.20 Å². The van der Waals surface area contributed by atoms with Crippen molar-refractivity contribution < 1.29 is 4.79 Å². The number of nitrogens with zero attached hydrogens (tertiary/aromatic N) is 1. The second-order valence-corrected chi connectivity index (χ2v) is 4.73. The van der Waals surface area contributed by atoms with Gasteiger partial charge in [-0.2, -0.15) is 0 Å². The van der Waals surface area contributed by atoms with Gasteiger partial charge < -0.3 is 11.1 Å². The number of nitrogens with one attached hydrogen (secondary N) is 1. The average molecular weight is 233 g/mol. The zero-order valence-electron chi connectivity index (χ0n) is 10.1. The van der Waals surface area contributed by atoms with Crippen LogP contribution in [-0.4, -0.2) is 23.5 Å². The van der Waals surface area contributed by atoms with Crippen LogP contribution >= 0.6 is 0 Å². The predicted octanol–water partition coefficient (Wildman–Crippen LogP) is 0.786. The molecule has 1 saturated carbocycles. The van der Waals surface area contributed by atoms with E-state index in [1.807, 2.05) is 19.1 Å². The number of pyridine rings is 1. The molecule has 1 aromatic heterocycles. The van der Waals surface area contributed by atoms with Gasteiger partial charge in [-0.25, -0.2) is 0 Å². The Bertz CT molecular complexity index is 384. The Labute approximate surface area is 102 Å². The van der Waals surface area contributed by atoms with Crippen molar-refractivity contribution in [1.82, 2.24) is 10.3 Å². The lowest BCUT2D eigenvalue weighted by molar-refractivity contribution is -0.121. The molecule has 1 heterocycles. The molecule has 0 spiro atoms. The minimum Gasteiger partial charge on any atom is -0.352 e. The summed E-state index contributed by atoms with van der Waals surface area (Å²) >= 11 is 0. The molecule has 92 valence electrons.